The standard InChI is InChI=1S/C24H28ClN5O4.ClH/c1-14-27-23(15-4-6-16(25)7-5-15)29-30(14)9-8-24(2,3)26-12-20(32)18-10-17(31)11-19-22(18)34-13-21(33)28-19;/h4-7,10-11,20,26,31-32H,8-9,12-13H2,1-3H3,(H,28,33);1H/t20-;/m0./s1. The molecule has 1 aromatic heterocycles. The number of phenols is 1. The van der Waals surface area contributed by atoms with Crippen LogP contribution in [0.4, 0.5) is 5.69 Å². The van der Waals surface area contributed by atoms with E-state index in [-0.39, 0.29) is 42.8 Å². The average molecular weight is 522 g/mol. The minimum Gasteiger partial charge on any atom is -0.508 e. The van der Waals surface area contributed by atoms with Crippen LogP contribution < -0.4 is 15.4 Å². The first kappa shape index (κ1) is 26.7. The van der Waals surface area contributed by atoms with E-state index in [0.717, 1.165) is 17.8 Å². The topological polar surface area (TPSA) is 122 Å². The first-order valence-corrected chi connectivity index (χ1v) is 11.4. The molecule has 1 aliphatic rings. The van der Waals surface area contributed by atoms with Gasteiger partial charge in [0.15, 0.2) is 12.4 Å². The summed E-state index contributed by atoms with van der Waals surface area (Å²) in [5, 5.41) is 32.1. The van der Waals surface area contributed by atoms with Crippen LogP contribution in [0.1, 0.15) is 37.8 Å². The maximum Gasteiger partial charge on any atom is 0.262 e. The first-order valence-electron chi connectivity index (χ1n) is 11.0. The summed E-state index contributed by atoms with van der Waals surface area (Å²) in [6.07, 6.45) is -0.214. The van der Waals surface area contributed by atoms with Crippen molar-refractivity contribution in [2.75, 3.05) is 18.5 Å². The number of phenolic OH excluding ortho intramolecular Hbond substituents is 1. The highest BCUT2D eigenvalue weighted by atomic mass is 35.5. The van der Waals surface area contributed by atoms with Gasteiger partial charge in [-0.2, -0.15) is 5.10 Å². The smallest absolute Gasteiger partial charge is 0.262 e. The molecule has 35 heavy (non-hydrogen) atoms. The maximum absolute atomic E-state index is 11.6. The number of nitrogens with one attached hydrogen (secondary N) is 2. The molecule has 2 heterocycles. The predicted molar refractivity (Wildman–Crippen MR) is 136 cm³/mol. The lowest BCUT2D eigenvalue weighted by Crippen LogP contribution is -2.42. The highest BCUT2D eigenvalue weighted by Crippen LogP contribution is 2.38. The maximum atomic E-state index is 11.6. The van der Waals surface area contributed by atoms with Crippen molar-refractivity contribution >= 4 is 35.6 Å². The number of ether oxygens (including phenoxy) is 1. The highest BCUT2D eigenvalue weighted by molar-refractivity contribution is 6.30. The molecular weight excluding hydrogens is 493 g/mol. The van der Waals surface area contributed by atoms with Crippen LogP contribution >= 0.6 is 24.0 Å². The van der Waals surface area contributed by atoms with Crippen molar-refractivity contribution in [3.05, 3.63) is 52.8 Å². The summed E-state index contributed by atoms with van der Waals surface area (Å²) in [6, 6.07) is 10.3. The van der Waals surface area contributed by atoms with Gasteiger partial charge in [0, 0.05) is 40.8 Å². The number of carbonyl (C=O) groups is 1. The van der Waals surface area contributed by atoms with Crippen molar-refractivity contribution in [3.8, 4) is 22.9 Å². The molecule has 0 saturated heterocycles. The Bertz CT molecular complexity index is 1200. The fourth-order valence-corrected chi connectivity index (χ4v) is 3.90. The molecule has 0 fully saturated rings. The number of aliphatic hydroxyl groups is 1. The molecule has 0 saturated carbocycles. The Hall–Kier alpha value is -2.85. The van der Waals surface area contributed by atoms with E-state index in [1.807, 2.05) is 49.7 Å². The molecule has 0 radical (unpaired) electrons. The fourth-order valence-electron chi connectivity index (χ4n) is 3.77. The van der Waals surface area contributed by atoms with Gasteiger partial charge in [0.1, 0.15) is 17.3 Å². The number of halogens is 2. The molecule has 0 aliphatic carbocycles. The van der Waals surface area contributed by atoms with Crippen LogP contribution in [-0.4, -0.2) is 49.6 Å². The molecule has 0 spiro atoms. The number of hydrogen-bond acceptors (Lipinski definition) is 7. The summed E-state index contributed by atoms with van der Waals surface area (Å²) in [7, 11) is 0. The minimum absolute atomic E-state index is 0. The number of aryl methyl sites for hydroxylation is 2. The van der Waals surface area contributed by atoms with Gasteiger partial charge in [0.05, 0.1) is 11.8 Å². The van der Waals surface area contributed by atoms with Gasteiger partial charge >= 0.3 is 0 Å². The number of fused-ring (bicyclic) bond motifs is 1. The van der Waals surface area contributed by atoms with Crippen LogP contribution in [0.15, 0.2) is 36.4 Å². The molecule has 188 valence electrons. The van der Waals surface area contributed by atoms with Gasteiger partial charge in [-0.15, -0.1) is 12.4 Å². The number of amides is 1. The first-order chi connectivity index (χ1) is 16.1. The third-order valence-corrected chi connectivity index (χ3v) is 6.02. The molecule has 1 aliphatic heterocycles. The Morgan fingerprint density at radius 3 is 2.71 bits per heavy atom. The SMILES string of the molecule is Cc1nc(-c2ccc(Cl)cc2)nn1CCC(C)(C)NC[C@H](O)c1cc(O)cc2c1OCC(=O)N2.Cl. The lowest BCUT2D eigenvalue weighted by Gasteiger charge is -2.29. The van der Waals surface area contributed by atoms with E-state index in [9.17, 15) is 15.0 Å². The molecule has 0 bridgehead atoms. The number of aromatic hydroxyl groups is 1. The lowest BCUT2D eigenvalue weighted by atomic mass is 9.99. The summed E-state index contributed by atoms with van der Waals surface area (Å²) in [4.78, 5) is 16.1. The number of rotatable bonds is 8. The molecule has 9 nitrogen and oxygen atoms in total. The highest BCUT2D eigenvalue weighted by Gasteiger charge is 2.26. The van der Waals surface area contributed by atoms with Gasteiger partial charge in [-0.1, -0.05) is 11.6 Å². The number of carbonyl (C=O) groups excluding carboxylic acids is 1. The number of aromatic nitrogens is 3. The normalized spacial score (nSPS) is 13.9. The van der Waals surface area contributed by atoms with E-state index in [1.54, 1.807) is 0 Å². The van der Waals surface area contributed by atoms with E-state index in [4.69, 9.17) is 16.3 Å². The van der Waals surface area contributed by atoms with E-state index in [2.05, 4.69) is 20.7 Å². The Morgan fingerprint density at radius 2 is 2.00 bits per heavy atom. The van der Waals surface area contributed by atoms with Crippen molar-refractivity contribution < 1.29 is 19.7 Å². The summed E-state index contributed by atoms with van der Waals surface area (Å²) in [6.45, 7) is 6.74. The van der Waals surface area contributed by atoms with Crippen LogP contribution in [0, 0.1) is 6.92 Å². The van der Waals surface area contributed by atoms with Gasteiger partial charge in [0.2, 0.25) is 0 Å². The number of anilines is 1. The van der Waals surface area contributed by atoms with Gasteiger partial charge in [-0.3, -0.25) is 4.79 Å². The molecule has 4 N–H and O–H groups in total. The summed E-state index contributed by atoms with van der Waals surface area (Å²) >= 11 is 5.97. The van der Waals surface area contributed by atoms with Crippen LogP contribution in [0.5, 0.6) is 11.5 Å². The zero-order chi connectivity index (χ0) is 24.5. The summed E-state index contributed by atoms with van der Waals surface area (Å²) in [5.74, 6) is 1.47. The van der Waals surface area contributed by atoms with Crippen molar-refractivity contribution in [3.63, 3.8) is 0 Å². The number of aliphatic hydroxyl groups excluding tert-OH is 1. The fraction of sp³-hybridized carbons (Fsp3) is 0.375. The van der Waals surface area contributed by atoms with Crippen LogP contribution in [0.25, 0.3) is 11.4 Å². The second kappa shape index (κ2) is 10.8. The van der Waals surface area contributed by atoms with Gasteiger partial charge in [-0.05, 0) is 57.5 Å². The Labute approximate surface area is 214 Å². The van der Waals surface area contributed by atoms with E-state index < -0.39 is 6.10 Å². The van der Waals surface area contributed by atoms with E-state index in [1.165, 1.54) is 12.1 Å². The van der Waals surface area contributed by atoms with Gasteiger partial charge < -0.3 is 25.6 Å². The van der Waals surface area contributed by atoms with Gasteiger partial charge in [-0.25, -0.2) is 9.67 Å². The second-order valence-electron chi connectivity index (χ2n) is 8.99. The monoisotopic (exact) mass is 521 g/mol. The third kappa shape index (κ3) is 6.43. The van der Waals surface area contributed by atoms with E-state index in [0.29, 0.717) is 34.4 Å². The predicted octanol–water partition coefficient (Wildman–Crippen LogP) is 3.86. The Morgan fingerprint density at radius 1 is 1.29 bits per heavy atom. The zero-order valence-corrected chi connectivity index (χ0v) is 21.3. The van der Waals surface area contributed by atoms with E-state index >= 15 is 0 Å². The summed E-state index contributed by atoms with van der Waals surface area (Å²) in [5.41, 5.74) is 1.34. The molecule has 3 aromatic rings. The summed E-state index contributed by atoms with van der Waals surface area (Å²) < 4.78 is 7.37. The second-order valence-corrected chi connectivity index (χ2v) is 9.43. The molecule has 4 rings (SSSR count). The minimum atomic E-state index is -0.945. The zero-order valence-electron chi connectivity index (χ0n) is 19.7. The van der Waals surface area contributed by atoms with Gasteiger partial charge in [0.25, 0.3) is 5.91 Å². The van der Waals surface area contributed by atoms with Crippen molar-refractivity contribution in [2.24, 2.45) is 0 Å². The number of nitrogens with zero attached hydrogens (tertiary/aromatic N) is 3. The molecule has 1 amide bonds. The Balaban J connectivity index is 0.00000342. The molecule has 2 aromatic carbocycles. The number of benzene rings is 2. The Kier molecular flexibility index (Phi) is 8.27. The molecule has 0 unspecified atom stereocenters. The lowest BCUT2D eigenvalue weighted by molar-refractivity contribution is -0.118. The third-order valence-electron chi connectivity index (χ3n) is 5.76. The number of β-amino-alcohol motifs (C(OH)–C–C–N with tert-alkyl or cyclic N) is 1. The van der Waals surface area contributed by atoms with Crippen molar-refractivity contribution in [1.82, 2.24) is 20.1 Å². The number of hydrogen-bond donors (Lipinski definition) is 4. The van der Waals surface area contributed by atoms with Crippen LogP contribution in [-0.2, 0) is 11.3 Å². The van der Waals surface area contributed by atoms with Crippen molar-refractivity contribution in [1.29, 1.82) is 0 Å². The average Bonchev–Trinajstić information content (AvgIpc) is 3.16. The van der Waals surface area contributed by atoms with Crippen molar-refractivity contribution in [2.45, 2.75) is 45.4 Å². The quantitative estimate of drug-likeness (QED) is 0.355. The molecule has 1 atom stereocenters. The largest absolute Gasteiger partial charge is 0.508 e. The molecular formula is C24H29Cl2N5O4. The van der Waals surface area contributed by atoms with Crippen LogP contribution in [0.3, 0.4) is 0 Å². The van der Waals surface area contributed by atoms with Crippen LogP contribution in [0.2, 0.25) is 5.02 Å². The molecule has 11 heteroatoms.